The van der Waals surface area contributed by atoms with E-state index < -0.39 is 10.0 Å². The predicted molar refractivity (Wildman–Crippen MR) is 60.2 cm³/mol. The van der Waals surface area contributed by atoms with E-state index in [-0.39, 0.29) is 6.04 Å². The Hall–Kier alpha value is -0.130. The standard InChI is InChI=1S/C10H20N2O2S/c13-15(14,12-7-3-4-8-12)9-10-5-1-2-6-11-10/h10-11H,1-9H2. The molecule has 2 rings (SSSR count). The molecule has 2 aliphatic rings. The van der Waals surface area contributed by atoms with Crippen molar-refractivity contribution in [1.29, 1.82) is 0 Å². The molecule has 4 nitrogen and oxygen atoms in total. The SMILES string of the molecule is O=S(=O)(CC1CCCCN1)N1CCCC1. The topological polar surface area (TPSA) is 49.4 Å². The van der Waals surface area contributed by atoms with Crippen molar-refractivity contribution in [2.45, 2.75) is 38.1 Å². The van der Waals surface area contributed by atoms with Crippen LogP contribution in [0, 0.1) is 0 Å². The molecule has 15 heavy (non-hydrogen) atoms. The fraction of sp³-hybridized carbons (Fsp3) is 1.00. The molecule has 0 bridgehead atoms. The second-order valence-corrected chi connectivity index (χ2v) is 6.55. The summed E-state index contributed by atoms with van der Waals surface area (Å²) in [4.78, 5) is 0. The Kier molecular flexibility index (Phi) is 3.64. The van der Waals surface area contributed by atoms with Crippen molar-refractivity contribution in [3.8, 4) is 0 Å². The summed E-state index contributed by atoms with van der Waals surface area (Å²) < 4.78 is 25.6. The van der Waals surface area contributed by atoms with E-state index in [9.17, 15) is 8.42 Å². The van der Waals surface area contributed by atoms with Gasteiger partial charge in [-0.05, 0) is 32.2 Å². The van der Waals surface area contributed by atoms with Gasteiger partial charge in [0.2, 0.25) is 10.0 Å². The lowest BCUT2D eigenvalue weighted by Crippen LogP contribution is -2.43. The van der Waals surface area contributed by atoms with Crippen molar-refractivity contribution in [3.05, 3.63) is 0 Å². The van der Waals surface area contributed by atoms with E-state index in [0.29, 0.717) is 5.75 Å². The predicted octanol–water partition coefficient (Wildman–Crippen LogP) is 0.554. The first-order chi connectivity index (χ1) is 7.18. The molecule has 0 aliphatic carbocycles. The third-order valence-corrected chi connectivity index (χ3v) is 5.26. The first kappa shape index (κ1) is 11.4. The quantitative estimate of drug-likeness (QED) is 0.773. The first-order valence-electron chi connectivity index (χ1n) is 5.90. The summed E-state index contributed by atoms with van der Waals surface area (Å²) in [5.41, 5.74) is 0. The molecule has 2 saturated heterocycles. The summed E-state index contributed by atoms with van der Waals surface area (Å²) in [7, 11) is -2.99. The molecule has 2 fully saturated rings. The van der Waals surface area contributed by atoms with Crippen molar-refractivity contribution in [3.63, 3.8) is 0 Å². The molecule has 0 saturated carbocycles. The number of sulfonamides is 1. The fourth-order valence-corrected chi connectivity index (χ4v) is 4.21. The molecule has 0 aromatic carbocycles. The average molecular weight is 232 g/mol. The summed E-state index contributed by atoms with van der Waals surface area (Å²) >= 11 is 0. The van der Waals surface area contributed by atoms with Gasteiger partial charge in [0.1, 0.15) is 0 Å². The Balaban J connectivity index is 1.90. The zero-order valence-corrected chi connectivity index (χ0v) is 9.93. The lowest BCUT2D eigenvalue weighted by Gasteiger charge is -2.25. The van der Waals surface area contributed by atoms with E-state index in [0.717, 1.165) is 45.3 Å². The monoisotopic (exact) mass is 232 g/mol. The van der Waals surface area contributed by atoms with Gasteiger partial charge in [-0.25, -0.2) is 12.7 Å². The number of hydrogen-bond donors (Lipinski definition) is 1. The molecule has 0 aromatic rings. The van der Waals surface area contributed by atoms with Gasteiger partial charge in [0, 0.05) is 19.1 Å². The van der Waals surface area contributed by atoms with Gasteiger partial charge in [-0.15, -0.1) is 0 Å². The van der Waals surface area contributed by atoms with E-state index in [4.69, 9.17) is 0 Å². The van der Waals surface area contributed by atoms with E-state index in [1.807, 2.05) is 0 Å². The lowest BCUT2D eigenvalue weighted by molar-refractivity contribution is 0.410. The molecule has 0 aromatic heterocycles. The summed E-state index contributed by atoms with van der Waals surface area (Å²) in [6, 6.07) is 0.185. The van der Waals surface area contributed by atoms with Gasteiger partial charge in [0.25, 0.3) is 0 Å². The van der Waals surface area contributed by atoms with Crippen LogP contribution < -0.4 is 5.32 Å². The maximum absolute atomic E-state index is 12.0. The Morgan fingerprint density at radius 2 is 1.87 bits per heavy atom. The zero-order valence-electron chi connectivity index (χ0n) is 9.11. The second-order valence-electron chi connectivity index (χ2n) is 4.53. The van der Waals surface area contributed by atoms with Crippen LogP contribution in [0.2, 0.25) is 0 Å². The van der Waals surface area contributed by atoms with Crippen molar-refractivity contribution in [2.75, 3.05) is 25.4 Å². The summed E-state index contributed by atoms with van der Waals surface area (Å²) in [6.45, 7) is 2.43. The van der Waals surface area contributed by atoms with Crippen LogP contribution in [-0.2, 0) is 10.0 Å². The Labute approximate surface area is 92.1 Å². The molecular weight excluding hydrogens is 212 g/mol. The Morgan fingerprint density at radius 1 is 1.13 bits per heavy atom. The number of nitrogens with zero attached hydrogens (tertiary/aromatic N) is 1. The number of piperidine rings is 1. The molecule has 5 heteroatoms. The third kappa shape index (κ3) is 2.92. The van der Waals surface area contributed by atoms with Gasteiger partial charge in [0.15, 0.2) is 0 Å². The minimum Gasteiger partial charge on any atom is -0.313 e. The molecule has 1 N–H and O–H groups in total. The Morgan fingerprint density at radius 3 is 2.47 bits per heavy atom. The third-order valence-electron chi connectivity index (χ3n) is 3.28. The van der Waals surface area contributed by atoms with Crippen LogP contribution >= 0.6 is 0 Å². The molecule has 2 aliphatic heterocycles. The van der Waals surface area contributed by atoms with Gasteiger partial charge in [0.05, 0.1) is 5.75 Å². The van der Waals surface area contributed by atoms with Gasteiger partial charge < -0.3 is 5.32 Å². The van der Waals surface area contributed by atoms with Crippen LogP contribution in [0.1, 0.15) is 32.1 Å². The number of nitrogens with one attached hydrogen (secondary N) is 1. The van der Waals surface area contributed by atoms with Crippen LogP contribution in [0.5, 0.6) is 0 Å². The average Bonchev–Trinajstić information content (AvgIpc) is 2.71. The summed E-state index contributed by atoms with van der Waals surface area (Å²) in [6.07, 6.45) is 5.40. The van der Waals surface area contributed by atoms with Gasteiger partial charge in [-0.3, -0.25) is 0 Å². The fourth-order valence-electron chi connectivity index (χ4n) is 2.39. The molecule has 0 amide bonds. The van der Waals surface area contributed by atoms with Crippen molar-refractivity contribution >= 4 is 10.0 Å². The van der Waals surface area contributed by atoms with E-state index >= 15 is 0 Å². The van der Waals surface area contributed by atoms with Crippen LogP contribution in [0.4, 0.5) is 0 Å². The normalized spacial score (nSPS) is 29.5. The van der Waals surface area contributed by atoms with Crippen molar-refractivity contribution < 1.29 is 8.42 Å². The smallest absolute Gasteiger partial charge is 0.215 e. The lowest BCUT2D eigenvalue weighted by atomic mass is 10.1. The maximum Gasteiger partial charge on any atom is 0.215 e. The van der Waals surface area contributed by atoms with Gasteiger partial charge >= 0.3 is 0 Å². The zero-order chi connectivity index (χ0) is 10.7. The van der Waals surface area contributed by atoms with Crippen LogP contribution in [-0.4, -0.2) is 44.2 Å². The minimum atomic E-state index is -2.99. The van der Waals surface area contributed by atoms with Crippen LogP contribution in [0.25, 0.3) is 0 Å². The summed E-state index contributed by atoms with van der Waals surface area (Å²) in [5, 5.41) is 3.29. The molecule has 88 valence electrons. The van der Waals surface area contributed by atoms with Crippen LogP contribution in [0.3, 0.4) is 0 Å². The highest BCUT2D eigenvalue weighted by Crippen LogP contribution is 2.16. The van der Waals surface area contributed by atoms with Gasteiger partial charge in [-0.1, -0.05) is 6.42 Å². The largest absolute Gasteiger partial charge is 0.313 e. The van der Waals surface area contributed by atoms with Crippen molar-refractivity contribution in [2.24, 2.45) is 0 Å². The first-order valence-corrected chi connectivity index (χ1v) is 7.50. The van der Waals surface area contributed by atoms with Crippen molar-refractivity contribution in [1.82, 2.24) is 9.62 Å². The van der Waals surface area contributed by atoms with E-state index in [1.165, 1.54) is 6.42 Å². The molecular formula is C10H20N2O2S. The highest BCUT2D eigenvalue weighted by atomic mass is 32.2. The molecule has 2 heterocycles. The minimum absolute atomic E-state index is 0.185. The van der Waals surface area contributed by atoms with Crippen LogP contribution in [0.15, 0.2) is 0 Å². The number of rotatable bonds is 3. The maximum atomic E-state index is 12.0. The molecule has 1 unspecified atom stereocenters. The molecule has 0 spiro atoms. The summed E-state index contributed by atoms with van der Waals surface area (Å²) in [5.74, 6) is 0.299. The Bertz CT molecular complexity index is 291. The number of hydrogen-bond acceptors (Lipinski definition) is 3. The highest BCUT2D eigenvalue weighted by molar-refractivity contribution is 7.89. The second kappa shape index (κ2) is 4.80. The van der Waals surface area contributed by atoms with E-state index in [2.05, 4.69) is 5.32 Å². The highest BCUT2D eigenvalue weighted by Gasteiger charge is 2.28. The van der Waals surface area contributed by atoms with Gasteiger partial charge in [-0.2, -0.15) is 0 Å². The van der Waals surface area contributed by atoms with E-state index in [1.54, 1.807) is 4.31 Å². The molecule has 0 radical (unpaired) electrons. The molecule has 1 atom stereocenters.